The molecule has 0 spiro atoms. The Morgan fingerprint density at radius 1 is 0.461 bits per heavy atom. The maximum atomic E-state index is 13.5. The molecule has 0 aromatic rings. The summed E-state index contributed by atoms with van der Waals surface area (Å²) in [6.45, 7) is 6.83. The Hall–Kier alpha value is -2.03. The van der Waals surface area contributed by atoms with Crippen molar-refractivity contribution in [2.24, 2.45) is 0 Å². The molecule has 10 heteroatoms. The number of nitrogens with zero attached hydrogens (tertiary/aromatic N) is 1. The van der Waals surface area contributed by atoms with Crippen LogP contribution in [0.1, 0.15) is 310 Å². The van der Waals surface area contributed by atoms with Gasteiger partial charge in [-0.05, 0) is 70.3 Å². The molecule has 0 aromatic carbocycles. The van der Waals surface area contributed by atoms with Crippen molar-refractivity contribution in [3.05, 3.63) is 48.6 Å². The van der Waals surface area contributed by atoms with Crippen LogP contribution in [0.2, 0.25) is 0 Å². The Bertz CT molecular complexity index is 1440. The molecule has 0 aliphatic rings. The highest BCUT2D eigenvalue weighted by molar-refractivity contribution is 7.45. The van der Waals surface area contributed by atoms with E-state index in [1.807, 2.05) is 33.3 Å². The highest BCUT2D eigenvalue weighted by atomic mass is 31.2. The smallest absolute Gasteiger partial charge is 0.306 e. The molecular formula is C66H125N2O7P. The molecule has 76 heavy (non-hydrogen) atoms. The standard InChI is InChI=1S/C66H125N2O7P/c1-7-10-13-16-19-22-25-27-28-29-30-31-32-33-34-35-36-37-38-39-40-41-44-47-50-53-56-59-66(70)75-64(57-54-51-48-45-43-26-23-20-17-14-11-8-2)63(62-74-76(71,72)73-61-60-68(4,5)6)67-65(69)58-55-52-49-46-42-24-21-18-15-12-9-3/h19,22,27-28,30-31,54,57,63-64H,7-18,20-21,23-26,29,32-53,55-56,58-62H2,1-6H3,(H-,67,69,71,72)/b22-19-,28-27-,31-30-,57-54-. The molecule has 3 atom stereocenters. The van der Waals surface area contributed by atoms with Gasteiger partial charge in [0.05, 0.1) is 33.8 Å². The van der Waals surface area contributed by atoms with Gasteiger partial charge in [0.2, 0.25) is 5.91 Å². The summed E-state index contributed by atoms with van der Waals surface area (Å²) in [4.78, 5) is 39.9. The number of hydrogen-bond acceptors (Lipinski definition) is 7. The Morgan fingerprint density at radius 3 is 1.22 bits per heavy atom. The highest BCUT2D eigenvalue weighted by Crippen LogP contribution is 2.38. The Morgan fingerprint density at radius 2 is 0.803 bits per heavy atom. The van der Waals surface area contributed by atoms with Crippen LogP contribution in [0.4, 0.5) is 0 Å². The molecule has 9 nitrogen and oxygen atoms in total. The van der Waals surface area contributed by atoms with Crippen LogP contribution in [-0.2, 0) is 27.9 Å². The molecule has 0 saturated carbocycles. The first-order valence-electron chi connectivity index (χ1n) is 32.4. The fourth-order valence-electron chi connectivity index (χ4n) is 9.47. The van der Waals surface area contributed by atoms with E-state index < -0.39 is 20.0 Å². The lowest BCUT2D eigenvalue weighted by atomic mass is 10.0. The number of phosphoric acid groups is 1. The molecule has 446 valence electrons. The van der Waals surface area contributed by atoms with Crippen molar-refractivity contribution in [1.82, 2.24) is 5.32 Å². The van der Waals surface area contributed by atoms with Crippen LogP contribution in [0.25, 0.3) is 0 Å². The number of phosphoric ester groups is 1. The second-order valence-electron chi connectivity index (χ2n) is 23.3. The second kappa shape index (κ2) is 56.3. The van der Waals surface area contributed by atoms with Crippen LogP contribution in [0, 0.1) is 0 Å². The molecule has 0 radical (unpaired) electrons. The molecule has 0 bridgehead atoms. The summed E-state index contributed by atoms with van der Waals surface area (Å²) in [6, 6.07) is -0.884. The maximum absolute atomic E-state index is 13.5. The molecule has 0 aliphatic carbocycles. The van der Waals surface area contributed by atoms with Crippen LogP contribution in [-0.4, -0.2) is 69.4 Å². The fourth-order valence-corrected chi connectivity index (χ4v) is 10.2. The zero-order chi connectivity index (χ0) is 55.7. The zero-order valence-electron chi connectivity index (χ0n) is 51.0. The van der Waals surface area contributed by atoms with Gasteiger partial charge in [-0.3, -0.25) is 14.2 Å². The van der Waals surface area contributed by atoms with E-state index in [1.54, 1.807) is 0 Å². The van der Waals surface area contributed by atoms with Gasteiger partial charge < -0.3 is 28.5 Å². The fraction of sp³-hybridized carbons (Fsp3) is 0.848. The van der Waals surface area contributed by atoms with Crippen molar-refractivity contribution >= 4 is 19.7 Å². The lowest BCUT2D eigenvalue weighted by molar-refractivity contribution is -0.870. The average Bonchev–Trinajstić information content (AvgIpc) is 3.38. The first-order valence-corrected chi connectivity index (χ1v) is 33.9. The number of esters is 1. The average molecular weight is 1090 g/mol. The molecule has 0 fully saturated rings. The predicted octanol–water partition coefficient (Wildman–Crippen LogP) is 19.4. The van der Waals surface area contributed by atoms with E-state index in [1.165, 1.54) is 205 Å². The number of allylic oxidation sites excluding steroid dienone is 7. The summed E-state index contributed by atoms with van der Waals surface area (Å²) >= 11 is 0. The van der Waals surface area contributed by atoms with Crippen LogP contribution in [0.3, 0.4) is 0 Å². The summed E-state index contributed by atoms with van der Waals surface area (Å²) in [5, 5.41) is 3.03. The van der Waals surface area contributed by atoms with Crippen LogP contribution in [0.15, 0.2) is 48.6 Å². The molecule has 0 aliphatic heterocycles. The van der Waals surface area contributed by atoms with Gasteiger partial charge in [-0.25, -0.2) is 0 Å². The number of ether oxygens (including phenoxy) is 1. The summed E-state index contributed by atoms with van der Waals surface area (Å²) in [7, 11) is 1.19. The van der Waals surface area contributed by atoms with Gasteiger partial charge in [0, 0.05) is 12.8 Å². The number of hydrogen-bond donors (Lipinski definition) is 1. The third-order valence-electron chi connectivity index (χ3n) is 14.5. The Balaban J connectivity index is 4.98. The maximum Gasteiger partial charge on any atom is 0.306 e. The summed E-state index contributed by atoms with van der Waals surface area (Å²) in [5.74, 6) is -0.531. The number of rotatable bonds is 59. The minimum atomic E-state index is -4.69. The van der Waals surface area contributed by atoms with Crippen molar-refractivity contribution in [3.8, 4) is 0 Å². The van der Waals surface area contributed by atoms with E-state index >= 15 is 0 Å². The molecule has 0 saturated heterocycles. The Kier molecular flexibility index (Phi) is 54.7. The predicted molar refractivity (Wildman–Crippen MR) is 326 cm³/mol. The van der Waals surface area contributed by atoms with Gasteiger partial charge >= 0.3 is 5.97 Å². The second-order valence-corrected chi connectivity index (χ2v) is 24.7. The lowest BCUT2D eigenvalue weighted by Crippen LogP contribution is -2.47. The minimum absolute atomic E-state index is 0.0204. The van der Waals surface area contributed by atoms with E-state index in [2.05, 4.69) is 62.5 Å². The topological polar surface area (TPSA) is 114 Å². The SMILES string of the molecule is CCCCC/C=C\C/C=C\C/C=C\CCCCCCCCCCCCCCCCC(=O)OC(/C=C\CCCCCCCCCCCC)C(COP(=O)([O-])OCC[N+](C)(C)C)NC(=O)CCCCCCCCCCCCC. The number of carbonyl (C=O) groups excluding carboxylic acids is 2. The van der Waals surface area contributed by atoms with Crippen LogP contribution >= 0.6 is 7.82 Å². The van der Waals surface area contributed by atoms with Gasteiger partial charge in [-0.15, -0.1) is 0 Å². The molecule has 1 N–H and O–H groups in total. The van der Waals surface area contributed by atoms with E-state index in [-0.39, 0.29) is 31.5 Å². The molecule has 0 rings (SSSR count). The van der Waals surface area contributed by atoms with Gasteiger partial charge in [0.15, 0.2) is 0 Å². The molecule has 3 unspecified atom stereocenters. The normalized spacial score (nSPS) is 13.9. The quantitative estimate of drug-likeness (QED) is 0.0212. The number of quaternary nitrogens is 1. The largest absolute Gasteiger partial charge is 0.756 e. The molecule has 0 aromatic heterocycles. The van der Waals surface area contributed by atoms with Crippen molar-refractivity contribution < 1.29 is 37.3 Å². The number of unbranched alkanes of at least 4 members (excludes halogenated alkanes) is 37. The van der Waals surface area contributed by atoms with Crippen molar-refractivity contribution in [1.29, 1.82) is 0 Å². The van der Waals surface area contributed by atoms with Gasteiger partial charge in [-0.2, -0.15) is 0 Å². The lowest BCUT2D eigenvalue weighted by Gasteiger charge is -2.30. The summed E-state index contributed by atoms with van der Waals surface area (Å²) in [6.07, 6.45) is 69.4. The molecule has 1 amide bonds. The van der Waals surface area contributed by atoms with Gasteiger partial charge in [-0.1, -0.05) is 275 Å². The third kappa shape index (κ3) is 56.7. The Labute approximate surface area is 471 Å². The van der Waals surface area contributed by atoms with E-state index in [0.29, 0.717) is 17.4 Å². The monoisotopic (exact) mass is 1090 g/mol. The third-order valence-corrected chi connectivity index (χ3v) is 15.5. The number of amides is 1. The van der Waals surface area contributed by atoms with Crippen LogP contribution < -0.4 is 10.2 Å². The zero-order valence-corrected chi connectivity index (χ0v) is 51.9. The van der Waals surface area contributed by atoms with Crippen molar-refractivity contribution in [3.63, 3.8) is 0 Å². The van der Waals surface area contributed by atoms with E-state index in [4.69, 9.17) is 13.8 Å². The van der Waals surface area contributed by atoms with Crippen molar-refractivity contribution in [2.45, 2.75) is 322 Å². The number of nitrogens with one attached hydrogen (secondary N) is 1. The first kappa shape index (κ1) is 74.0. The van der Waals surface area contributed by atoms with Gasteiger partial charge in [0.1, 0.15) is 19.3 Å². The highest BCUT2D eigenvalue weighted by Gasteiger charge is 2.27. The number of carbonyl (C=O) groups is 2. The minimum Gasteiger partial charge on any atom is -0.756 e. The summed E-state index contributed by atoms with van der Waals surface area (Å²) in [5.41, 5.74) is 0. The molecule has 0 heterocycles. The van der Waals surface area contributed by atoms with E-state index in [0.717, 1.165) is 70.6 Å². The summed E-state index contributed by atoms with van der Waals surface area (Å²) < 4.78 is 30.3. The van der Waals surface area contributed by atoms with Crippen LogP contribution in [0.5, 0.6) is 0 Å². The van der Waals surface area contributed by atoms with Gasteiger partial charge in [0.25, 0.3) is 7.82 Å². The van der Waals surface area contributed by atoms with Crippen molar-refractivity contribution in [2.75, 3.05) is 40.9 Å². The number of likely N-dealkylation sites (N-methyl/N-ethyl adjacent to an activating group) is 1. The molecular weight excluding hydrogens is 964 g/mol. The van der Waals surface area contributed by atoms with E-state index in [9.17, 15) is 19.0 Å². The first-order chi connectivity index (χ1) is 36.9.